The van der Waals surface area contributed by atoms with E-state index in [2.05, 4.69) is 0 Å². The van der Waals surface area contributed by atoms with Crippen molar-refractivity contribution >= 4 is 5.78 Å². The van der Waals surface area contributed by atoms with Crippen LogP contribution in [0.5, 0.6) is 11.6 Å². The summed E-state index contributed by atoms with van der Waals surface area (Å²) in [6.07, 6.45) is 3.50. The first-order chi connectivity index (χ1) is 13.0. The molecule has 1 saturated carbocycles. The van der Waals surface area contributed by atoms with Gasteiger partial charge in [-0.3, -0.25) is 14.2 Å². The Morgan fingerprint density at radius 2 is 1.93 bits per heavy atom. The number of ether oxygens (including phenoxy) is 1. The number of nitriles is 1. The summed E-state index contributed by atoms with van der Waals surface area (Å²) in [5.41, 5.74) is 0.483. The normalized spacial score (nSPS) is 14.1. The molecular formula is C21H22N2O4. The highest BCUT2D eigenvalue weighted by atomic mass is 16.5. The number of aromatic hydroxyl groups is 1. The predicted molar refractivity (Wildman–Crippen MR) is 100 cm³/mol. The molecule has 140 valence electrons. The average molecular weight is 366 g/mol. The summed E-state index contributed by atoms with van der Waals surface area (Å²) in [6, 6.07) is 8.82. The van der Waals surface area contributed by atoms with E-state index in [0.717, 1.165) is 31.2 Å². The fourth-order valence-corrected chi connectivity index (χ4v) is 3.77. The van der Waals surface area contributed by atoms with Crippen LogP contribution in [0.3, 0.4) is 0 Å². The number of hydrogen-bond donors (Lipinski definition) is 1. The van der Waals surface area contributed by atoms with E-state index in [1.807, 2.05) is 6.07 Å². The summed E-state index contributed by atoms with van der Waals surface area (Å²) < 4.78 is 6.36. The molecule has 1 aromatic heterocycles. The lowest BCUT2D eigenvalue weighted by atomic mass is 9.97. The molecule has 1 heterocycles. The van der Waals surface area contributed by atoms with Crippen LogP contribution in [0.15, 0.2) is 29.1 Å². The lowest BCUT2D eigenvalue weighted by Crippen LogP contribution is -2.29. The summed E-state index contributed by atoms with van der Waals surface area (Å²) in [7, 11) is 1.57. The first kappa shape index (κ1) is 18.7. The fourth-order valence-electron chi connectivity index (χ4n) is 3.77. The van der Waals surface area contributed by atoms with E-state index < -0.39 is 5.56 Å². The number of Topliss-reactive ketones (excluding diaryl/α,β-unsaturated/α-hetero) is 1. The number of hydrogen-bond acceptors (Lipinski definition) is 5. The van der Waals surface area contributed by atoms with Crippen molar-refractivity contribution in [3.63, 3.8) is 0 Å². The number of nitrogens with zero attached hydrogens (tertiary/aromatic N) is 2. The van der Waals surface area contributed by atoms with E-state index in [1.165, 1.54) is 4.57 Å². The molecular weight excluding hydrogens is 344 g/mol. The van der Waals surface area contributed by atoms with Gasteiger partial charge >= 0.3 is 0 Å². The molecule has 0 bridgehead atoms. The van der Waals surface area contributed by atoms with E-state index in [4.69, 9.17) is 4.74 Å². The van der Waals surface area contributed by atoms with Crippen molar-refractivity contribution in [1.29, 1.82) is 5.26 Å². The van der Waals surface area contributed by atoms with E-state index >= 15 is 0 Å². The molecule has 1 aromatic carbocycles. The maximum Gasteiger partial charge on any atom is 0.271 e. The van der Waals surface area contributed by atoms with Crippen LogP contribution in [-0.2, 0) is 6.42 Å². The third-order valence-corrected chi connectivity index (χ3v) is 5.24. The first-order valence-corrected chi connectivity index (χ1v) is 9.02. The zero-order valence-electron chi connectivity index (χ0n) is 15.5. The zero-order valence-corrected chi connectivity index (χ0v) is 15.5. The Balaban J connectivity index is 2.05. The number of carbonyl (C=O) groups excluding carboxylic acids is 1. The predicted octanol–water partition coefficient (Wildman–Crippen LogP) is 3.28. The van der Waals surface area contributed by atoms with Gasteiger partial charge in [0.15, 0.2) is 5.78 Å². The fraction of sp³-hybridized carbons (Fsp3) is 0.381. The number of pyridine rings is 1. The Bertz CT molecular complexity index is 962. The van der Waals surface area contributed by atoms with Crippen LogP contribution in [0.2, 0.25) is 0 Å². The number of methoxy groups -OCH3 is 1. The number of benzene rings is 1. The molecule has 27 heavy (non-hydrogen) atoms. The lowest BCUT2D eigenvalue weighted by molar-refractivity contribution is 0.0987. The Labute approximate surface area is 157 Å². The topological polar surface area (TPSA) is 92.3 Å². The quantitative estimate of drug-likeness (QED) is 0.820. The van der Waals surface area contributed by atoms with Gasteiger partial charge in [-0.25, -0.2) is 0 Å². The Kier molecular flexibility index (Phi) is 5.31. The van der Waals surface area contributed by atoms with Crippen molar-refractivity contribution in [2.45, 2.75) is 45.1 Å². The molecule has 0 atom stereocenters. The summed E-state index contributed by atoms with van der Waals surface area (Å²) >= 11 is 0. The molecule has 3 rings (SSSR count). The third kappa shape index (κ3) is 3.45. The minimum atomic E-state index is -0.514. The maximum atomic E-state index is 12.9. The van der Waals surface area contributed by atoms with Crippen molar-refractivity contribution in [3.8, 4) is 17.7 Å². The van der Waals surface area contributed by atoms with Gasteiger partial charge in [0.1, 0.15) is 17.4 Å². The van der Waals surface area contributed by atoms with Gasteiger partial charge in [-0.1, -0.05) is 25.0 Å². The van der Waals surface area contributed by atoms with Crippen molar-refractivity contribution < 1.29 is 14.6 Å². The van der Waals surface area contributed by atoms with Gasteiger partial charge in [0.25, 0.3) is 5.56 Å². The molecule has 2 aromatic rings. The largest absolute Gasteiger partial charge is 0.497 e. The van der Waals surface area contributed by atoms with Crippen LogP contribution in [0, 0.1) is 18.3 Å². The molecule has 0 spiro atoms. The van der Waals surface area contributed by atoms with Crippen molar-refractivity contribution in [2.75, 3.05) is 7.11 Å². The van der Waals surface area contributed by atoms with Crippen LogP contribution >= 0.6 is 0 Å². The van der Waals surface area contributed by atoms with E-state index in [0.29, 0.717) is 5.75 Å². The standard InChI is InChI=1S/C21H22N2O4/c1-13-17(12-22)20(25)23(15-5-3-4-6-15)21(26)19(13)18(24)11-14-7-9-16(27-2)10-8-14/h7-10,15,26H,3-6,11H2,1-2H3. The molecule has 0 unspecified atom stereocenters. The zero-order chi connectivity index (χ0) is 19.6. The van der Waals surface area contributed by atoms with Crippen LogP contribution in [0.4, 0.5) is 0 Å². The van der Waals surface area contributed by atoms with Gasteiger partial charge in [-0.15, -0.1) is 0 Å². The molecule has 6 nitrogen and oxygen atoms in total. The summed E-state index contributed by atoms with van der Waals surface area (Å²) in [4.78, 5) is 25.6. The number of aromatic nitrogens is 1. The van der Waals surface area contributed by atoms with E-state index in [1.54, 1.807) is 38.3 Å². The molecule has 6 heteroatoms. The summed E-state index contributed by atoms with van der Waals surface area (Å²) in [5, 5.41) is 20.2. The highest BCUT2D eigenvalue weighted by molar-refractivity contribution is 6.01. The van der Waals surface area contributed by atoms with Crippen LogP contribution in [-0.4, -0.2) is 22.6 Å². The highest BCUT2D eigenvalue weighted by Gasteiger charge is 2.28. The molecule has 0 saturated heterocycles. The molecule has 1 aliphatic rings. The Morgan fingerprint density at radius 1 is 1.30 bits per heavy atom. The van der Waals surface area contributed by atoms with Gasteiger partial charge in [0.05, 0.1) is 12.7 Å². The van der Waals surface area contributed by atoms with Gasteiger partial charge < -0.3 is 9.84 Å². The molecule has 1 N–H and O–H groups in total. The smallest absolute Gasteiger partial charge is 0.271 e. The summed E-state index contributed by atoms with van der Waals surface area (Å²) in [6.45, 7) is 1.54. The number of carbonyl (C=O) groups is 1. The van der Waals surface area contributed by atoms with Crippen LogP contribution in [0.25, 0.3) is 0 Å². The second-order valence-corrected chi connectivity index (χ2v) is 6.87. The molecule has 0 radical (unpaired) electrons. The number of ketones is 1. The molecule has 1 fully saturated rings. The van der Waals surface area contributed by atoms with E-state index in [9.17, 15) is 20.0 Å². The monoisotopic (exact) mass is 366 g/mol. The van der Waals surface area contributed by atoms with Gasteiger partial charge in [-0.2, -0.15) is 5.26 Å². The Hall–Kier alpha value is -3.07. The number of rotatable bonds is 5. The average Bonchev–Trinajstić information content (AvgIpc) is 3.17. The minimum absolute atomic E-state index is 0.0616. The summed E-state index contributed by atoms with van der Waals surface area (Å²) in [5.74, 6) is 0.0482. The second kappa shape index (κ2) is 7.67. The highest BCUT2D eigenvalue weighted by Crippen LogP contribution is 2.34. The van der Waals surface area contributed by atoms with Crippen LogP contribution in [0.1, 0.15) is 58.8 Å². The van der Waals surface area contributed by atoms with Crippen molar-refractivity contribution in [1.82, 2.24) is 4.57 Å². The van der Waals surface area contributed by atoms with Gasteiger partial charge in [0.2, 0.25) is 5.88 Å². The molecule has 1 aliphatic carbocycles. The Morgan fingerprint density at radius 3 is 2.48 bits per heavy atom. The molecule has 0 amide bonds. The second-order valence-electron chi connectivity index (χ2n) is 6.87. The minimum Gasteiger partial charge on any atom is -0.497 e. The SMILES string of the molecule is COc1ccc(CC(=O)c2c(C)c(C#N)c(=O)n(C3CCCC3)c2O)cc1. The van der Waals surface area contributed by atoms with Crippen molar-refractivity contribution in [3.05, 3.63) is 56.9 Å². The van der Waals surface area contributed by atoms with Crippen LogP contribution < -0.4 is 10.3 Å². The molecule has 0 aliphatic heterocycles. The lowest BCUT2D eigenvalue weighted by Gasteiger charge is -2.20. The third-order valence-electron chi connectivity index (χ3n) is 5.24. The van der Waals surface area contributed by atoms with Gasteiger partial charge in [-0.05, 0) is 43.0 Å². The van der Waals surface area contributed by atoms with Crippen molar-refractivity contribution in [2.24, 2.45) is 0 Å². The maximum absolute atomic E-state index is 12.9. The van der Waals surface area contributed by atoms with Gasteiger partial charge in [0, 0.05) is 12.5 Å². The first-order valence-electron chi connectivity index (χ1n) is 9.02. The van der Waals surface area contributed by atoms with E-state index in [-0.39, 0.29) is 40.8 Å².